The van der Waals surface area contributed by atoms with E-state index in [1.165, 1.54) is 27.6 Å². The van der Waals surface area contributed by atoms with Gasteiger partial charge in [-0.3, -0.25) is 14.3 Å². The summed E-state index contributed by atoms with van der Waals surface area (Å²) in [4.78, 5) is 35.6. The number of rotatable bonds is 3. The SMILES string of the molecule is Cn1cnc(S(=O)(=O)N2CCC(n3c(=O)[nH]c4ncccc4c3=O)CC2)c1. The lowest BCUT2D eigenvalue weighted by molar-refractivity contribution is 0.265. The van der Waals surface area contributed by atoms with Crippen molar-refractivity contribution in [3.63, 3.8) is 0 Å². The molecule has 142 valence electrons. The van der Waals surface area contributed by atoms with Crippen molar-refractivity contribution in [2.75, 3.05) is 13.1 Å². The second-order valence-corrected chi connectivity index (χ2v) is 8.40. The first kappa shape index (κ1) is 17.6. The summed E-state index contributed by atoms with van der Waals surface area (Å²) in [5, 5.41) is 0.330. The summed E-state index contributed by atoms with van der Waals surface area (Å²) in [5.41, 5.74) is -0.691. The number of aromatic amines is 1. The molecule has 4 rings (SSSR count). The van der Waals surface area contributed by atoms with Gasteiger partial charge in [-0.2, -0.15) is 4.31 Å². The van der Waals surface area contributed by atoms with Crippen molar-refractivity contribution >= 4 is 21.1 Å². The van der Waals surface area contributed by atoms with Crippen LogP contribution in [0.25, 0.3) is 11.0 Å². The molecule has 0 saturated carbocycles. The Bertz CT molecular complexity index is 1220. The topological polar surface area (TPSA) is 123 Å². The Morgan fingerprint density at radius 1 is 1.19 bits per heavy atom. The highest BCUT2D eigenvalue weighted by Crippen LogP contribution is 2.24. The Hall–Kier alpha value is -2.79. The zero-order valence-corrected chi connectivity index (χ0v) is 15.4. The standard InChI is InChI=1S/C16H18N6O4S/c1-20-9-13(18-10-20)27(25,26)21-7-4-11(5-8-21)22-15(23)12-3-2-6-17-14(12)19-16(22)24/h2-3,6,9-11H,4-5,7-8H2,1H3,(H,17,19,24). The van der Waals surface area contributed by atoms with Crippen molar-refractivity contribution in [3.05, 3.63) is 51.7 Å². The van der Waals surface area contributed by atoms with Gasteiger partial charge in [0.2, 0.25) is 0 Å². The van der Waals surface area contributed by atoms with E-state index in [0.29, 0.717) is 18.2 Å². The van der Waals surface area contributed by atoms with E-state index in [4.69, 9.17) is 0 Å². The minimum Gasteiger partial charge on any atom is -0.339 e. The highest BCUT2D eigenvalue weighted by molar-refractivity contribution is 7.89. The zero-order chi connectivity index (χ0) is 19.2. The first-order valence-electron chi connectivity index (χ1n) is 8.45. The van der Waals surface area contributed by atoms with Gasteiger partial charge in [-0.05, 0) is 25.0 Å². The van der Waals surface area contributed by atoms with Gasteiger partial charge >= 0.3 is 5.69 Å². The number of nitrogens with one attached hydrogen (secondary N) is 1. The molecule has 1 fully saturated rings. The van der Waals surface area contributed by atoms with Crippen LogP contribution in [0.3, 0.4) is 0 Å². The Balaban J connectivity index is 1.61. The van der Waals surface area contributed by atoms with Crippen LogP contribution < -0.4 is 11.2 Å². The molecule has 1 aliphatic heterocycles. The molecule has 0 bridgehead atoms. The third-order valence-electron chi connectivity index (χ3n) is 4.78. The zero-order valence-electron chi connectivity index (χ0n) is 14.6. The second-order valence-electron chi connectivity index (χ2n) is 6.52. The van der Waals surface area contributed by atoms with Crippen LogP contribution >= 0.6 is 0 Å². The van der Waals surface area contributed by atoms with Gasteiger partial charge in [-0.1, -0.05) is 0 Å². The van der Waals surface area contributed by atoms with Crippen molar-refractivity contribution in [2.45, 2.75) is 23.9 Å². The number of aromatic nitrogens is 5. The van der Waals surface area contributed by atoms with Crippen LogP contribution in [0.2, 0.25) is 0 Å². The summed E-state index contributed by atoms with van der Waals surface area (Å²) >= 11 is 0. The van der Waals surface area contributed by atoms with Gasteiger partial charge in [0.15, 0.2) is 5.03 Å². The number of sulfonamides is 1. The summed E-state index contributed by atoms with van der Waals surface area (Å²) in [5.74, 6) is 0. The lowest BCUT2D eigenvalue weighted by Crippen LogP contribution is -2.45. The molecule has 0 atom stereocenters. The van der Waals surface area contributed by atoms with E-state index < -0.39 is 21.3 Å². The van der Waals surface area contributed by atoms with Gasteiger partial charge in [-0.25, -0.2) is 23.2 Å². The van der Waals surface area contributed by atoms with Crippen molar-refractivity contribution < 1.29 is 8.42 Å². The molecular formula is C16H18N6O4S. The van der Waals surface area contributed by atoms with Gasteiger partial charge in [0.1, 0.15) is 5.65 Å². The van der Waals surface area contributed by atoms with Crippen molar-refractivity contribution in [2.24, 2.45) is 7.05 Å². The predicted octanol–water partition coefficient (Wildman–Crippen LogP) is -0.156. The lowest BCUT2D eigenvalue weighted by Gasteiger charge is -2.31. The van der Waals surface area contributed by atoms with E-state index in [2.05, 4.69) is 15.0 Å². The number of hydrogen-bond acceptors (Lipinski definition) is 6. The molecule has 1 N–H and O–H groups in total. The molecule has 3 aromatic heterocycles. The number of nitrogens with zero attached hydrogens (tertiary/aromatic N) is 5. The van der Waals surface area contributed by atoms with Crippen molar-refractivity contribution in [3.8, 4) is 0 Å². The van der Waals surface area contributed by atoms with E-state index in [0.717, 1.165) is 0 Å². The fraction of sp³-hybridized carbons (Fsp3) is 0.375. The first-order valence-corrected chi connectivity index (χ1v) is 9.89. The molecule has 0 unspecified atom stereocenters. The third kappa shape index (κ3) is 2.98. The average molecular weight is 390 g/mol. The maximum atomic E-state index is 12.7. The number of pyridine rings is 1. The van der Waals surface area contributed by atoms with E-state index in [1.807, 2.05) is 0 Å². The highest BCUT2D eigenvalue weighted by Gasteiger charge is 2.32. The van der Waals surface area contributed by atoms with Crippen molar-refractivity contribution in [1.82, 2.24) is 28.4 Å². The summed E-state index contributed by atoms with van der Waals surface area (Å²) in [6, 6.07) is 2.87. The van der Waals surface area contributed by atoms with E-state index >= 15 is 0 Å². The van der Waals surface area contributed by atoms with E-state index in [9.17, 15) is 18.0 Å². The second kappa shape index (κ2) is 6.43. The molecule has 0 spiro atoms. The number of imidazole rings is 1. The van der Waals surface area contributed by atoms with Crippen LogP contribution in [-0.2, 0) is 17.1 Å². The molecule has 0 aromatic carbocycles. The lowest BCUT2D eigenvalue weighted by atomic mass is 10.1. The molecule has 1 saturated heterocycles. The maximum Gasteiger partial charge on any atom is 0.330 e. The molecule has 10 nitrogen and oxygen atoms in total. The number of piperidine rings is 1. The fourth-order valence-electron chi connectivity index (χ4n) is 3.39. The molecule has 1 aliphatic rings. The molecular weight excluding hydrogens is 372 g/mol. The van der Waals surface area contributed by atoms with Crippen LogP contribution in [0.5, 0.6) is 0 Å². The van der Waals surface area contributed by atoms with Crippen LogP contribution in [0.1, 0.15) is 18.9 Å². The first-order chi connectivity index (χ1) is 12.9. The van der Waals surface area contributed by atoms with Crippen molar-refractivity contribution in [1.29, 1.82) is 0 Å². The number of aryl methyl sites for hydroxylation is 1. The smallest absolute Gasteiger partial charge is 0.330 e. The minimum atomic E-state index is -3.68. The van der Waals surface area contributed by atoms with Gasteiger partial charge in [0.25, 0.3) is 15.6 Å². The van der Waals surface area contributed by atoms with E-state index in [-0.39, 0.29) is 29.8 Å². The Morgan fingerprint density at radius 2 is 1.93 bits per heavy atom. The summed E-state index contributed by atoms with van der Waals surface area (Å²) < 4.78 is 29.4. The molecule has 4 heterocycles. The van der Waals surface area contributed by atoms with E-state index in [1.54, 1.807) is 23.7 Å². The monoisotopic (exact) mass is 390 g/mol. The third-order valence-corrected chi connectivity index (χ3v) is 6.56. The number of fused-ring (bicyclic) bond motifs is 1. The molecule has 3 aromatic rings. The molecule has 27 heavy (non-hydrogen) atoms. The molecule has 0 radical (unpaired) electrons. The highest BCUT2D eigenvalue weighted by atomic mass is 32.2. The van der Waals surface area contributed by atoms with Gasteiger partial charge in [0.05, 0.1) is 11.7 Å². The Labute approximate surface area is 154 Å². The predicted molar refractivity (Wildman–Crippen MR) is 96.9 cm³/mol. The van der Waals surface area contributed by atoms with Gasteiger partial charge in [-0.15, -0.1) is 0 Å². The maximum absolute atomic E-state index is 12.7. The van der Waals surface area contributed by atoms with Gasteiger partial charge < -0.3 is 4.57 Å². The largest absolute Gasteiger partial charge is 0.339 e. The number of H-pyrrole nitrogens is 1. The summed E-state index contributed by atoms with van der Waals surface area (Å²) in [6.45, 7) is 0.418. The normalized spacial score (nSPS) is 16.8. The van der Waals surface area contributed by atoms with Crippen LogP contribution in [-0.4, -0.2) is 49.9 Å². The Kier molecular flexibility index (Phi) is 4.19. The average Bonchev–Trinajstić information content (AvgIpc) is 3.09. The Morgan fingerprint density at radius 3 is 2.59 bits per heavy atom. The molecule has 11 heteroatoms. The minimum absolute atomic E-state index is 0.00440. The fourth-order valence-corrected chi connectivity index (χ4v) is 4.82. The van der Waals surface area contributed by atoms with Gasteiger partial charge in [0, 0.05) is 38.6 Å². The molecule has 0 aliphatic carbocycles. The van der Waals surface area contributed by atoms with Crippen LogP contribution in [0.15, 0.2) is 45.5 Å². The summed E-state index contributed by atoms with van der Waals surface area (Å²) in [7, 11) is -1.98. The number of hydrogen-bond donors (Lipinski definition) is 1. The van der Waals surface area contributed by atoms with Crippen LogP contribution in [0.4, 0.5) is 0 Å². The quantitative estimate of drug-likeness (QED) is 0.663. The van der Waals surface area contributed by atoms with Crippen LogP contribution in [0, 0.1) is 0 Å². The summed E-state index contributed by atoms with van der Waals surface area (Å²) in [6.07, 6.45) is 5.11. The molecule has 0 amide bonds.